The summed E-state index contributed by atoms with van der Waals surface area (Å²) in [6.45, 7) is 10.6. The molecular formula is C15H27N3O. The number of piperazine rings is 1. The number of rotatable bonds is 2. The minimum Gasteiger partial charge on any atom is -0.340 e. The minimum atomic E-state index is 0.347. The summed E-state index contributed by atoms with van der Waals surface area (Å²) >= 11 is 0. The number of carbonyl (C=O) groups excluding carboxylic acids is 1. The van der Waals surface area contributed by atoms with Crippen molar-refractivity contribution in [2.75, 3.05) is 39.3 Å². The summed E-state index contributed by atoms with van der Waals surface area (Å²) in [7, 11) is 0. The van der Waals surface area contributed by atoms with Crippen molar-refractivity contribution in [3.63, 3.8) is 0 Å². The summed E-state index contributed by atoms with van der Waals surface area (Å²) < 4.78 is 0. The zero-order valence-electron chi connectivity index (χ0n) is 12.3. The van der Waals surface area contributed by atoms with Crippen LogP contribution in [0.5, 0.6) is 0 Å². The fourth-order valence-electron chi connectivity index (χ4n) is 3.85. The first-order chi connectivity index (χ1) is 9.12. The van der Waals surface area contributed by atoms with Crippen molar-refractivity contribution >= 4 is 5.91 Å². The molecule has 2 heterocycles. The van der Waals surface area contributed by atoms with Gasteiger partial charge in [0, 0.05) is 38.1 Å². The average Bonchev–Trinajstić information content (AvgIpc) is 3.12. The van der Waals surface area contributed by atoms with E-state index in [4.69, 9.17) is 0 Å². The van der Waals surface area contributed by atoms with Gasteiger partial charge in [-0.25, -0.2) is 0 Å². The van der Waals surface area contributed by atoms with Crippen LogP contribution in [0.25, 0.3) is 0 Å². The molecule has 1 aliphatic carbocycles. The maximum absolute atomic E-state index is 12.6. The van der Waals surface area contributed by atoms with E-state index in [2.05, 4.69) is 29.0 Å². The summed E-state index contributed by atoms with van der Waals surface area (Å²) in [6, 6.07) is 0.605. The van der Waals surface area contributed by atoms with E-state index in [1.807, 2.05) is 0 Å². The molecule has 1 N–H and O–H groups in total. The summed E-state index contributed by atoms with van der Waals surface area (Å²) in [5, 5.41) is 3.41. The molecule has 3 aliphatic rings. The average molecular weight is 265 g/mol. The van der Waals surface area contributed by atoms with Gasteiger partial charge in [-0.05, 0) is 51.6 Å². The van der Waals surface area contributed by atoms with Crippen LogP contribution in [0, 0.1) is 11.3 Å². The summed E-state index contributed by atoms with van der Waals surface area (Å²) in [5.74, 6) is 0.797. The van der Waals surface area contributed by atoms with Crippen molar-refractivity contribution in [3.8, 4) is 0 Å². The monoisotopic (exact) mass is 265 g/mol. The molecule has 0 aromatic carbocycles. The number of nitrogens with zero attached hydrogens (tertiary/aromatic N) is 2. The van der Waals surface area contributed by atoms with Gasteiger partial charge in [-0.15, -0.1) is 0 Å². The SMILES string of the molecule is CC(C)N1CCN(C(=O)C2CC23CCNCC3)CC1. The second-order valence-corrected chi connectivity index (χ2v) is 6.82. The molecule has 0 aromatic heterocycles. The second-order valence-electron chi connectivity index (χ2n) is 6.82. The lowest BCUT2D eigenvalue weighted by atomic mass is 9.91. The third kappa shape index (κ3) is 2.52. The molecule has 2 aliphatic heterocycles. The Morgan fingerprint density at radius 3 is 2.37 bits per heavy atom. The third-order valence-corrected chi connectivity index (χ3v) is 5.44. The molecule has 19 heavy (non-hydrogen) atoms. The van der Waals surface area contributed by atoms with Crippen molar-refractivity contribution in [1.29, 1.82) is 0 Å². The van der Waals surface area contributed by atoms with Crippen molar-refractivity contribution in [3.05, 3.63) is 0 Å². The normalized spacial score (nSPS) is 30.9. The molecule has 3 rings (SSSR count). The number of hydrogen-bond donors (Lipinski definition) is 1. The van der Waals surface area contributed by atoms with Gasteiger partial charge in [0.1, 0.15) is 0 Å². The number of nitrogens with one attached hydrogen (secondary N) is 1. The molecule has 1 spiro atoms. The smallest absolute Gasteiger partial charge is 0.226 e. The van der Waals surface area contributed by atoms with Crippen LogP contribution in [0.4, 0.5) is 0 Å². The molecule has 1 atom stereocenters. The van der Waals surface area contributed by atoms with Crippen LogP contribution in [-0.2, 0) is 4.79 Å². The molecule has 4 heteroatoms. The fraction of sp³-hybridized carbons (Fsp3) is 0.933. The minimum absolute atomic E-state index is 0.347. The number of hydrogen-bond acceptors (Lipinski definition) is 3. The van der Waals surface area contributed by atoms with Gasteiger partial charge in [0.05, 0.1) is 0 Å². The number of carbonyl (C=O) groups is 1. The molecule has 2 saturated heterocycles. The highest BCUT2D eigenvalue weighted by molar-refractivity contribution is 5.82. The zero-order valence-corrected chi connectivity index (χ0v) is 12.3. The Hall–Kier alpha value is -0.610. The highest BCUT2D eigenvalue weighted by Gasteiger charge is 2.58. The van der Waals surface area contributed by atoms with Gasteiger partial charge in [0.2, 0.25) is 5.91 Å². The van der Waals surface area contributed by atoms with Crippen molar-refractivity contribution in [1.82, 2.24) is 15.1 Å². The van der Waals surface area contributed by atoms with Crippen LogP contribution in [-0.4, -0.2) is 61.0 Å². The Morgan fingerprint density at radius 1 is 1.16 bits per heavy atom. The van der Waals surface area contributed by atoms with Crippen molar-refractivity contribution in [2.45, 2.75) is 39.2 Å². The standard InChI is InChI=1S/C15H27N3O/c1-12(2)17-7-9-18(10-8-17)14(19)13-11-15(13)3-5-16-6-4-15/h12-13,16H,3-11H2,1-2H3. The summed E-state index contributed by atoms with van der Waals surface area (Å²) in [4.78, 5) is 17.2. The van der Waals surface area contributed by atoms with Crippen molar-refractivity contribution < 1.29 is 4.79 Å². The van der Waals surface area contributed by atoms with Crippen molar-refractivity contribution in [2.24, 2.45) is 11.3 Å². The van der Waals surface area contributed by atoms with E-state index in [0.717, 1.165) is 45.7 Å². The molecule has 0 radical (unpaired) electrons. The molecule has 0 bridgehead atoms. The first kappa shape index (κ1) is 13.4. The Labute approximate surface area is 116 Å². The van der Waals surface area contributed by atoms with Crippen LogP contribution in [0.2, 0.25) is 0 Å². The number of piperidine rings is 1. The molecule has 0 aromatic rings. The van der Waals surface area contributed by atoms with Crippen LogP contribution in [0.15, 0.2) is 0 Å². The predicted molar refractivity (Wildman–Crippen MR) is 75.9 cm³/mol. The first-order valence-corrected chi connectivity index (χ1v) is 7.86. The molecule has 3 fully saturated rings. The van der Waals surface area contributed by atoms with Crippen LogP contribution >= 0.6 is 0 Å². The van der Waals surface area contributed by atoms with Crippen LogP contribution < -0.4 is 5.32 Å². The van der Waals surface area contributed by atoms with E-state index < -0.39 is 0 Å². The Morgan fingerprint density at radius 2 is 1.79 bits per heavy atom. The summed E-state index contributed by atoms with van der Waals surface area (Å²) in [5.41, 5.74) is 0.386. The van der Waals surface area contributed by atoms with Gasteiger partial charge in [-0.3, -0.25) is 9.69 Å². The van der Waals surface area contributed by atoms with Crippen LogP contribution in [0.1, 0.15) is 33.1 Å². The lowest BCUT2D eigenvalue weighted by molar-refractivity contribution is -0.135. The van der Waals surface area contributed by atoms with E-state index in [9.17, 15) is 4.79 Å². The van der Waals surface area contributed by atoms with E-state index >= 15 is 0 Å². The Kier molecular flexibility index (Phi) is 3.56. The number of amides is 1. The van der Waals surface area contributed by atoms with E-state index in [0.29, 0.717) is 23.3 Å². The van der Waals surface area contributed by atoms with Gasteiger partial charge in [-0.2, -0.15) is 0 Å². The molecular weight excluding hydrogens is 238 g/mol. The second kappa shape index (κ2) is 5.06. The lowest BCUT2D eigenvalue weighted by Crippen LogP contribution is -2.51. The van der Waals surface area contributed by atoms with Gasteiger partial charge in [-0.1, -0.05) is 0 Å². The molecule has 1 unspecified atom stereocenters. The quantitative estimate of drug-likeness (QED) is 0.807. The highest BCUT2D eigenvalue weighted by Crippen LogP contribution is 2.59. The molecule has 1 saturated carbocycles. The largest absolute Gasteiger partial charge is 0.340 e. The summed E-state index contributed by atoms with van der Waals surface area (Å²) in [6.07, 6.45) is 3.56. The molecule has 4 nitrogen and oxygen atoms in total. The maximum atomic E-state index is 12.6. The lowest BCUT2D eigenvalue weighted by Gasteiger charge is -2.37. The Bertz CT molecular complexity index is 341. The zero-order chi connectivity index (χ0) is 13.5. The molecule has 108 valence electrons. The van der Waals surface area contributed by atoms with Gasteiger partial charge in [0.25, 0.3) is 0 Å². The van der Waals surface area contributed by atoms with E-state index in [1.165, 1.54) is 12.8 Å². The first-order valence-electron chi connectivity index (χ1n) is 7.86. The third-order valence-electron chi connectivity index (χ3n) is 5.44. The fourth-order valence-corrected chi connectivity index (χ4v) is 3.85. The molecule has 1 amide bonds. The maximum Gasteiger partial charge on any atom is 0.226 e. The van der Waals surface area contributed by atoms with Gasteiger partial charge in [0.15, 0.2) is 0 Å². The topological polar surface area (TPSA) is 35.6 Å². The van der Waals surface area contributed by atoms with Crippen LogP contribution in [0.3, 0.4) is 0 Å². The Balaban J connectivity index is 1.52. The van der Waals surface area contributed by atoms with E-state index in [-0.39, 0.29) is 0 Å². The van der Waals surface area contributed by atoms with E-state index in [1.54, 1.807) is 0 Å². The highest BCUT2D eigenvalue weighted by atomic mass is 16.2. The van der Waals surface area contributed by atoms with Gasteiger partial charge >= 0.3 is 0 Å². The van der Waals surface area contributed by atoms with Gasteiger partial charge < -0.3 is 10.2 Å². The predicted octanol–water partition coefficient (Wildman–Crippen LogP) is 0.929.